The summed E-state index contributed by atoms with van der Waals surface area (Å²) in [7, 11) is 1.58. The average molecular weight is 400 g/mol. The first-order chi connectivity index (χ1) is 14.5. The minimum Gasteiger partial charge on any atom is -0.497 e. The third-order valence-electron chi connectivity index (χ3n) is 4.81. The molecule has 3 aromatic heterocycles. The maximum absolute atomic E-state index is 13.0. The number of amides is 1. The molecular formula is C23H20N4O3. The van der Waals surface area contributed by atoms with Crippen molar-refractivity contribution in [3.05, 3.63) is 94.3 Å². The molecule has 0 atom stereocenters. The highest BCUT2D eigenvalue weighted by atomic mass is 16.5. The lowest BCUT2D eigenvalue weighted by molar-refractivity contribution is 0.102. The predicted octanol–water partition coefficient (Wildman–Crippen LogP) is 3.41. The van der Waals surface area contributed by atoms with Crippen molar-refractivity contribution in [3.63, 3.8) is 0 Å². The number of hydrogen-bond acceptors (Lipinski definition) is 5. The number of nitrogens with zero attached hydrogens (tertiary/aromatic N) is 3. The van der Waals surface area contributed by atoms with Crippen LogP contribution in [0, 0.1) is 6.92 Å². The van der Waals surface area contributed by atoms with Crippen molar-refractivity contribution in [1.82, 2.24) is 14.5 Å². The number of anilines is 1. The largest absolute Gasteiger partial charge is 0.497 e. The van der Waals surface area contributed by atoms with Crippen molar-refractivity contribution in [2.24, 2.45) is 0 Å². The lowest BCUT2D eigenvalue weighted by Crippen LogP contribution is -2.22. The van der Waals surface area contributed by atoms with E-state index in [1.54, 1.807) is 73.6 Å². The number of nitrogens with one attached hydrogen (secondary N) is 1. The van der Waals surface area contributed by atoms with E-state index in [0.29, 0.717) is 40.1 Å². The van der Waals surface area contributed by atoms with E-state index in [2.05, 4.69) is 15.3 Å². The molecule has 1 amide bonds. The van der Waals surface area contributed by atoms with Crippen LogP contribution in [0.3, 0.4) is 0 Å². The summed E-state index contributed by atoms with van der Waals surface area (Å²) >= 11 is 0. The Morgan fingerprint density at radius 1 is 1.17 bits per heavy atom. The van der Waals surface area contributed by atoms with E-state index in [1.165, 1.54) is 0 Å². The number of aryl methyl sites for hydroxylation is 1. The highest BCUT2D eigenvalue weighted by Crippen LogP contribution is 2.18. The van der Waals surface area contributed by atoms with Gasteiger partial charge in [-0.25, -0.2) is 0 Å². The molecule has 0 fully saturated rings. The Kier molecular flexibility index (Phi) is 5.26. The quantitative estimate of drug-likeness (QED) is 0.555. The Morgan fingerprint density at radius 2 is 1.97 bits per heavy atom. The first-order valence-electron chi connectivity index (χ1n) is 9.40. The van der Waals surface area contributed by atoms with Crippen molar-refractivity contribution in [3.8, 4) is 5.75 Å². The summed E-state index contributed by atoms with van der Waals surface area (Å²) in [5.74, 6) is 0.375. The molecule has 0 radical (unpaired) electrons. The molecular weight excluding hydrogens is 380 g/mol. The fraction of sp³-hybridized carbons (Fsp3) is 0.130. The van der Waals surface area contributed by atoms with Crippen LogP contribution in [-0.2, 0) is 6.54 Å². The third kappa shape index (κ3) is 3.91. The lowest BCUT2D eigenvalue weighted by atomic mass is 10.1. The third-order valence-corrected chi connectivity index (χ3v) is 4.81. The molecule has 7 heteroatoms. The summed E-state index contributed by atoms with van der Waals surface area (Å²) in [5, 5.41) is 3.23. The van der Waals surface area contributed by atoms with E-state index in [-0.39, 0.29) is 11.5 Å². The van der Waals surface area contributed by atoms with E-state index in [0.717, 1.165) is 5.56 Å². The number of hydrogen-bond donors (Lipinski definition) is 1. The summed E-state index contributed by atoms with van der Waals surface area (Å²) in [6.45, 7) is 2.15. The van der Waals surface area contributed by atoms with Gasteiger partial charge >= 0.3 is 0 Å². The molecule has 0 spiro atoms. The number of methoxy groups -OCH3 is 1. The summed E-state index contributed by atoms with van der Waals surface area (Å²) in [4.78, 5) is 34.4. The van der Waals surface area contributed by atoms with Crippen LogP contribution in [0.5, 0.6) is 5.75 Å². The Bertz CT molecular complexity index is 1270. The van der Waals surface area contributed by atoms with Crippen LogP contribution in [0.1, 0.15) is 21.6 Å². The van der Waals surface area contributed by atoms with Gasteiger partial charge in [-0.3, -0.25) is 19.6 Å². The maximum Gasteiger partial charge on any atom is 0.260 e. The Hall–Kier alpha value is -4.00. The molecule has 7 nitrogen and oxygen atoms in total. The van der Waals surface area contributed by atoms with Gasteiger partial charge in [-0.15, -0.1) is 0 Å². The molecule has 0 unspecified atom stereocenters. The average Bonchev–Trinajstić information content (AvgIpc) is 2.76. The molecule has 0 bridgehead atoms. The van der Waals surface area contributed by atoms with Gasteiger partial charge in [0.25, 0.3) is 11.5 Å². The number of pyridine rings is 3. The number of carbonyl (C=O) groups excluding carboxylic acids is 1. The first-order valence-corrected chi connectivity index (χ1v) is 9.40. The number of benzene rings is 1. The summed E-state index contributed by atoms with van der Waals surface area (Å²) < 4.78 is 6.71. The second-order valence-electron chi connectivity index (χ2n) is 6.85. The highest BCUT2D eigenvalue weighted by molar-refractivity contribution is 6.06. The Balaban J connectivity index is 1.67. The SMILES string of the molecule is COc1ccc(NC(=O)c2cc3c(=O)n(Cc4cccnc4)ccc3nc2C)cc1. The zero-order chi connectivity index (χ0) is 21.1. The van der Waals surface area contributed by atoms with E-state index in [1.807, 2.05) is 12.1 Å². The molecule has 3 heterocycles. The number of fused-ring (bicyclic) bond motifs is 1. The van der Waals surface area contributed by atoms with Gasteiger partial charge in [0.05, 0.1) is 35.8 Å². The van der Waals surface area contributed by atoms with Crippen LogP contribution >= 0.6 is 0 Å². The molecule has 0 saturated heterocycles. The standard InChI is InChI=1S/C23H20N4O3/c1-15-19(22(28)26-17-5-7-18(30-2)8-6-17)12-20-21(25-15)9-11-27(23(20)29)14-16-4-3-10-24-13-16/h3-13H,14H2,1-2H3,(H,26,28). The fourth-order valence-electron chi connectivity index (χ4n) is 3.22. The Labute approximate surface area is 173 Å². The van der Waals surface area contributed by atoms with Gasteiger partial charge in [0, 0.05) is 24.3 Å². The molecule has 0 aliphatic carbocycles. The van der Waals surface area contributed by atoms with Gasteiger partial charge < -0.3 is 14.6 Å². The zero-order valence-electron chi connectivity index (χ0n) is 16.6. The molecule has 0 aliphatic heterocycles. The van der Waals surface area contributed by atoms with Crippen LogP contribution < -0.4 is 15.6 Å². The first kappa shape index (κ1) is 19.3. The normalized spacial score (nSPS) is 10.7. The minimum atomic E-state index is -0.325. The van der Waals surface area contributed by atoms with Crippen LogP contribution in [0.15, 0.2) is 71.9 Å². The van der Waals surface area contributed by atoms with E-state index in [4.69, 9.17) is 4.74 Å². The van der Waals surface area contributed by atoms with Crippen molar-refractivity contribution in [1.29, 1.82) is 0 Å². The van der Waals surface area contributed by atoms with Crippen molar-refractivity contribution >= 4 is 22.5 Å². The van der Waals surface area contributed by atoms with Crippen molar-refractivity contribution < 1.29 is 9.53 Å². The molecule has 1 aromatic carbocycles. The molecule has 1 N–H and O–H groups in total. The second-order valence-corrected chi connectivity index (χ2v) is 6.85. The smallest absolute Gasteiger partial charge is 0.260 e. The topological polar surface area (TPSA) is 86.1 Å². The van der Waals surface area contributed by atoms with E-state index < -0.39 is 0 Å². The summed E-state index contributed by atoms with van der Waals surface area (Å²) in [6.07, 6.45) is 5.12. The van der Waals surface area contributed by atoms with E-state index in [9.17, 15) is 9.59 Å². The number of aromatic nitrogens is 3. The van der Waals surface area contributed by atoms with Crippen LogP contribution in [-0.4, -0.2) is 27.6 Å². The van der Waals surface area contributed by atoms with Gasteiger partial charge in [0.1, 0.15) is 5.75 Å². The van der Waals surface area contributed by atoms with Gasteiger partial charge in [-0.05, 0) is 55.0 Å². The van der Waals surface area contributed by atoms with E-state index >= 15 is 0 Å². The second kappa shape index (κ2) is 8.16. The maximum atomic E-state index is 13.0. The number of ether oxygens (including phenoxy) is 1. The number of rotatable bonds is 5. The molecule has 4 rings (SSSR count). The van der Waals surface area contributed by atoms with Crippen LogP contribution in [0.25, 0.3) is 10.9 Å². The number of carbonyl (C=O) groups is 1. The van der Waals surface area contributed by atoms with Gasteiger partial charge in [-0.1, -0.05) is 6.07 Å². The molecule has 0 saturated carbocycles. The van der Waals surface area contributed by atoms with Crippen LogP contribution in [0.4, 0.5) is 5.69 Å². The van der Waals surface area contributed by atoms with Gasteiger partial charge in [0.2, 0.25) is 0 Å². The fourth-order valence-corrected chi connectivity index (χ4v) is 3.22. The summed E-state index contributed by atoms with van der Waals surface area (Å²) in [6, 6.07) is 14.2. The van der Waals surface area contributed by atoms with Crippen molar-refractivity contribution in [2.75, 3.05) is 12.4 Å². The minimum absolute atomic E-state index is 0.206. The highest BCUT2D eigenvalue weighted by Gasteiger charge is 2.14. The molecule has 0 aliphatic rings. The van der Waals surface area contributed by atoms with Gasteiger partial charge in [-0.2, -0.15) is 0 Å². The van der Waals surface area contributed by atoms with Crippen LogP contribution in [0.2, 0.25) is 0 Å². The van der Waals surface area contributed by atoms with Gasteiger partial charge in [0.15, 0.2) is 0 Å². The predicted molar refractivity (Wildman–Crippen MR) is 115 cm³/mol. The molecule has 4 aromatic rings. The Morgan fingerprint density at radius 3 is 2.67 bits per heavy atom. The monoisotopic (exact) mass is 400 g/mol. The zero-order valence-corrected chi connectivity index (χ0v) is 16.6. The summed E-state index contributed by atoms with van der Waals surface area (Å²) in [5.41, 5.74) is 2.80. The van der Waals surface area contributed by atoms with Crippen molar-refractivity contribution in [2.45, 2.75) is 13.5 Å². The molecule has 150 valence electrons. The lowest BCUT2D eigenvalue weighted by Gasteiger charge is -2.11. The molecule has 30 heavy (non-hydrogen) atoms.